The Kier molecular flexibility index (Phi) is 1.49. The van der Waals surface area contributed by atoms with E-state index in [-0.39, 0.29) is 0 Å². The van der Waals surface area contributed by atoms with E-state index < -0.39 is 4.76 Å². The molecule has 4 heteroatoms. The van der Waals surface area contributed by atoms with Crippen LogP contribution in [0.4, 0.5) is 5.69 Å². The minimum absolute atomic E-state index is 0.565. The fourth-order valence-corrected chi connectivity index (χ4v) is 1.04. The molecule has 12 heavy (non-hydrogen) atoms. The summed E-state index contributed by atoms with van der Waals surface area (Å²) >= 11 is 0. The first-order chi connectivity index (χ1) is 5.81. The summed E-state index contributed by atoms with van der Waals surface area (Å²) in [4.78, 5) is 0. The lowest BCUT2D eigenvalue weighted by Crippen LogP contribution is -2.27. The highest BCUT2D eigenvalue weighted by atomic mass is 16.6. The molecule has 1 heterocycles. The van der Waals surface area contributed by atoms with E-state index in [9.17, 15) is 5.21 Å². The van der Waals surface area contributed by atoms with Crippen LogP contribution >= 0.6 is 0 Å². The Bertz CT molecular complexity index is 319. The summed E-state index contributed by atoms with van der Waals surface area (Å²) in [7, 11) is 0. The van der Waals surface area contributed by atoms with Gasteiger partial charge in [-0.05, 0) is 0 Å². The van der Waals surface area contributed by atoms with Crippen LogP contribution in [0.2, 0.25) is 0 Å². The standard InChI is InChI=1S/C8H7N3O/c12-11(7-6-9-10-11)8-4-2-1-3-5-8/h1-7H. The molecule has 0 N–H and O–H groups in total. The van der Waals surface area contributed by atoms with Crippen LogP contribution in [-0.4, -0.2) is 0 Å². The van der Waals surface area contributed by atoms with Crippen molar-refractivity contribution < 1.29 is 0 Å². The molecule has 0 amide bonds. The first-order valence-corrected chi connectivity index (χ1v) is 3.57. The van der Waals surface area contributed by atoms with Crippen molar-refractivity contribution in [3.8, 4) is 0 Å². The third-order valence-electron chi connectivity index (χ3n) is 1.65. The number of hydrogen-bond donors (Lipinski definition) is 0. The molecule has 0 saturated heterocycles. The van der Waals surface area contributed by atoms with Crippen molar-refractivity contribution in [1.29, 1.82) is 0 Å². The van der Waals surface area contributed by atoms with Crippen LogP contribution in [0.3, 0.4) is 0 Å². The predicted molar refractivity (Wildman–Crippen MR) is 45.6 cm³/mol. The molecule has 0 spiro atoms. The molecule has 1 aliphatic heterocycles. The van der Waals surface area contributed by atoms with Gasteiger partial charge in [0.1, 0.15) is 12.4 Å². The topological polar surface area (TPSA) is 47.8 Å². The molecule has 1 aromatic carbocycles. The zero-order chi connectivity index (χ0) is 8.44. The van der Waals surface area contributed by atoms with Crippen molar-refractivity contribution in [2.75, 3.05) is 0 Å². The van der Waals surface area contributed by atoms with Crippen LogP contribution in [0.15, 0.2) is 53.1 Å². The number of quaternary nitrogens is 1. The Morgan fingerprint density at radius 2 is 1.92 bits per heavy atom. The lowest BCUT2D eigenvalue weighted by molar-refractivity contribution is 0.516. The lowest BCUT2D eigenvalue weighted by atomic mass is 10.3. The third-order valence-corrected chi connectivity index (χ3v) is 1.65. The van der Waals surface area contributed by atoms with Gasteiger partial charge in [0.25, 0.3) is 0 Å². The smallest absolute Gasteiger partial charge is 0.165 e. The van der Waals surface area contributed by atoms with Crippen molar-refractivity contribution in [2.24, 2.45) is 10.3 Å². The highest BCUT2D eigenvalue weighted by Gasteiger charge is 2.20. The molecule has 1 unspecified atom stereocenters. The van der Waals surface area contributed by atoms with Crippen LogP contribution in [0.1, 0.15) is 0 Å². The Labute approximate surface area is 69.6 Å². The number of hydrogen-bond acceptors (Lipinski definition) is 3. The maximum absolute atomic E-state index is 11.7. The summed E-state index contributed by atoms with van der Waals surface area (Å²) in [6.45, 7) is 0. The molecule has 2 rings (SSSR count). The first-order valence-electron chi connectivity index (χ1n) is 3.57. The highest BCUT2D eigenvalue weighted by molar-refractivity contribution is 5.45. The monoisotopic (exact) mass is 161 g/mol. The van der Waals surface area contributed by atoms with E-state index in [4.69, 9.17) is 0 Å². The molecule has 1 aromatic rings. The zero-order valence-corrected chi connectivity index (χ0v) is 6.29. The van der Waals surface area contributed by atoms with Gasteiger partial charge in [0.05, 0.1) is 0 Å². The van der Waals surface area contributed by atoms with E-state index in [0.29, 0.717) is 5.69 Å². The van der Waals surface area contributed by atoms with Gasteiger partial charge in [-0.1, -0.05) is 18.2 Å². The Hall–Kier alpha value is -1.52. The third kappa shape index (κ3) is 1.03. The SMILES string of the molecule is [O-][N+]1(c2ccccc2)C=CN=N1. The van der Waals surface area contributed by atoms with Gasteiger partial charge >= 0.3 is 0 Å². The number of para-hydroxylation sites is 1. The predicted octanol–water partition coefficient (Wildman–Crippen LogP) is 2.34. The van der Waals surface area contributed by atoms with Crippen molar-refractivity contribution >= 4 is 5.69 Å². The van der Waals surface area contributed by atoms with Gasteiger partial charge < -0.3 is 5.21 Å². The normalized spacial score (nSPS) is 26.4. The van der Waals surface area contributed by atoms with Crippen LogP contribution in [-0.2, 0) is 0 Å². The zero-order valence-electron chi connectivity index (χ0n) is 6.29. The average molecular weight is 161 g/mol. The molecule has 0 bridgehead atoms. The van der Waals surface area contributed by atoms with Gasteiger partial charge in [0, 0.05) is 17.4 Å². The molecule has 0 saturated carbocycles. The van der Waals surface area contributed by atoms with Crippen LogP contribution in [0.5, 0.6) is 0 Å². The largest absolute Gasteiger partial charge is 0.593 e. The van der Waals surface area contributed by atoms with E-state index in [1.807, 2.05) is 6.07 Å². The maximum Gasteiger partial charge on any atom is 0.165 e. The highest BCUT2D eigenvalue weighted by Crippen LogP contribution is 2.25. The van der Waals surface area contributed by atoms with Crippen molar-refractivity contribution in [3.63, 3.8) is 0 Å². The van der Waals surface area contributed by atoms with Gasteiger partial charge in [-0.2, -0.15) is 4.76 Å². The summed E-state index contributed by atoms with van der Waals surface area (Å²) in [5, 5.41) is 18.7. The van der Waals surface area contributed by atoms with Gasteiger partial charge in [0.15, 0.2) is 5.69 Å². The first kappa shape index (κ1) is 7.15. The molecule has 0 radical (unpaired) electrons. The quantitative estimate of drug-likeness (QED) is 0.460. The molecule has 1 atom stereocenters. The van der Waals surface area contributed by atoms with Crippen molar-refractivity contribution in [1.82, 2.24) is 4.76 Å². The number of nitrogens with zero attached hydrogens (tertiary/aromatic N) is 3. The van der Waals surface area contributed by atoms with Crippen molar-refractivity contribution in [2.45, 2.75) is 0 Å². The van der Waals surface area contributed by atoms with Gasteiger partial charge in [-0.15, -0.1) is 5.11 Å². The maximum atomic E-state index is 11.7. The Morgan fingerprint density at radius 3 is 2.50 bits per heavy atom. The van der Waals surface area contributed by atoms with Crippen LogP contribution in [0.25, 0.3) is 0 Å². The fraction of sp³-hybridized carbons (Fsp3) is 0. The summed E-state index contributed by atoms with van der Waals surface area (Å²) in [6, 6.07) is 8.90. The second-order valence-electron chi connectivity index (χ2n) is 2.46. The summed E-state index contributed by atoms with van der Waals surface area (Å²) < 4.78 is -0.833. The van der Waals surface area contributed by atoms with E-state index in [1.54, 1.807) is 24.3 Å². The summed E-state index contributed by atoms with van der Waals surface area (Å²) in [5.41, 5.74) is 0.565. The Morgan fingerprint density at radius 1 is 1.17 bits per heavy atom. The van der Waals surface area contributed by atoms with E-state index in [2.05, 4.69) is 10.3 Å². The minimum atomic E-state index is -0.833. The number of hydroxylamine groups is 1. The van der Waals surface area contributed by atoms with Crippen LogP contribution in [0, 0.1) is 5.21 Å². The second kappa shape index (κ2) is 2.51. The molecule has 0 fully saturated rings. The summed E-state index contributed by atoms with van der Waals surface area (Å²) in [6.07, 6.45) is 2.79. The molecule has 0 aromatic heterocycles. The van der Waals surface area contributed by atoms with Gasteiger partial charge in [-0.25, -0.2) is 0 Å². The molecule has 60 valence electrons. The minimum Gasteiger partial charge on any atom is -0.593 e. The summed E-state index contributed by atoms with van der Waals surface area (Å²) in [5.74, 6) is 0. The second-order valence-corrected chi connectivity index (χ2v) is 2.46. The molecule has 4 nitrogen and oxygen atoms in total. The van der Waals surface area contributed by atoms with E-state index in [0.717, 1.165) is 0 Å². The van der Waals surface area contributed by atoms with Crippen LogP contribution < -0.4 is 4.76 Å². The Balaban J connectivity index is 2.43. The molecule has 0 aliphatic carbocycles. The fourth-order valence-electron chi connectivity index (χ4n) is 1.04. The van der Waals surface area contributed by atoms with Gasteiger partial charge in [0.2, 0.25) is 0 Å². The molecule has 1 aliphatic rings. The number of rotatable bonds is 1. The average Bonchev–Trinajstić information content (AvgIpc) is 2.55. The van der Waals surface area contributed by atoms with Crippen molar-refractivity contribution in [3.05, 3.63) is 47.9 Å². The van der Waals surface area contributed by atoms with E-state index >= 15 is 0 Å². The van der Waals surface area contributed by atoms with Gasteiger partial charge in [-0.3, -0.25) is 0 Å². The molecular formula is C8H7N3O. The van der Waals surface area contributed by atoms with E-state index in [1.165, 1.54) is 12.4 Å². The molecular weight excluding hydrogens is 154 g/mol. The lowest BCUT2D eigenvalue weighted by Gasteiger charge is -2.25. The number of benzene rings is 1.